The van der Waals surface area contributed by atoms with Crippen LogP contribution >= 0.6 is 11.6 Å². The van der Waals surface area contributed by atoms with E-state index in [4.69, 9.17) is 16.3 Å². The largest absolute Gasteiger partial charge is 0.396 e. The highest BCUT2D eigenvalue weighted by Gasteiger charge is 2.38. The highest BCUT2D eigenvalue weighted by Crippen LogP contribution is 2.26. The Kier molecular flexibility index (Phi) is 5.37. The summed E-state index contributed by atoms with van der Waals surface area (Å²) < 4.78 is 5.24. The molecule has 2 N–H and O–H groups in total. The molecule has 2 heterocycles. The van der Waals surface area contributed by atoms with Crippen LogP contribution in [0.25, 0.3) is 0 Å². The van der Waals surface area contributed by atoms with E-state index in [-0.39, 0.29) is 12.0 Å². The van der Waals surface area contributed by atoms with Gasteiger partial charge in [-0.15, -0.1) is 0 Å². The summed E-state index contributed by atoms with van der Waals surface area (Å²) in [6, 6.07) is 8.69. The van der Waals surface area contributed by atoms with Gasteiger partial charge in [-0.25, -0.2) is 0 Å². The molecule has 0 radical (unpaired) electrons. The fourth-order valence-corrected chi connectivity index (χ4v) is 3.27. The molecule has 1 aromatic rings. The van der Waals surface area contributed by atoms with E-state index < -0.39 is 0 Å². The summed E-state index contributed by atoms with van der Waals surface area (Å²) in [5.74, 6) is 0. The van der Waals surface area contributed by atoms with Crippen LogP contribution in [0.5, 0.6) is 0 Å². The Morgan fingerprint density at radius 2 is 1.91 bits per heavy atom. The van der Waals surface area contributed by atoms with Crippen LogP contribution in [-0.4, -0.2) is 55.5 Å². The van der Waals surface area contributed by atoms with Crippen molar-refractivity contribution in [3.8, 4) is 0 Å². The average Bonchev–Trinajstić information content (AvgIpc) is 2.51. The number of ether oxygens (including phenoxy) is 1. The molecule has 0 spiro atoms. The Bertz CT molecular complexity index is 463. The van der Waals surface area contributed by atoms with Gasteiger partial charge < -0.3 is 15.2 Å². The molecule has 22 heavy (non-hydrogen) atoms. The van der Waals surface area contributed by atoms with Gasteiger partial charge in [0, 0.05) is 24.2 Å². The third kappa shape index (κ3) is 4.00. The number of piperidine rings is 1. The van der Waals surface area contributed by atoms with Crippen LogP contribution in [-0.2, 0) is 11.3 Å². The first-order valence-electron chi connectivity index (χ1n) is 8.08. The van der Waals surface area contributed by atoms with Crippen molar-refractivity contribution in [1.29, 1.82) is 0 Å². The fraction of sp³-hybridized carbons (Fsp3) is 0.647. The number of rotatable bonds is 6. The normalized spacial score (nSPS) is 22.5. The van der Waals surface area contributed by atoms with Crippen LogP contribution in [0.4, 0.5) is 0 Å². The number of benzene rings is 1. The predicted molar refractivity (Wildman–Crippen MR) is 88.1 cm³/mol. The second-order valence-electron chi connectivity index (χ2n) is 6.71. The molecule has 2 aliphatic rings. The predicted octanol–water partition coefficient (Wildman–Crippen LogP) is 1.90. The summed E-state index contributed by atoms with van der Waals surface area (Å²) >= 11 is 5.93. The van der Waals surface area contributed by atoms with Gasteiger partial charge in [-0.1, -0.05) is 23.7 Å². The molecule has 0 amide bonds. The Morgan fingerprint density at radius 3 is 2.45 bits per heavy atom. The monoisotopic (exact) mass is 324 g/mol. The van der Waals surface area contributed by atoms with E-state index in [1.165, 1.54) is 5.56 Å². The van der Waals surface area contributed by atoms with E-state index >= 15 is 0 Å². The Hall–Kier alpha value is -0.650. The molecule has 0 bridgehead atoms. The first-order valence-corrected chi connectivity index (χ1v) is 8.46. The Morgan fingerprint density at radius 1 is 1.23 bits per heavy atom. The first-order chi connectivity index (χ1) is 10.7. The van der Waals surface area contributed by atoms with Crippen molar-refractivity contribution in [1.82, 2.24) is 10.2 Å². The molecule has 122 valence electrons. The van der Waals surface area contributed by atoms with Gasteiger partial charge in [-0.2, -0.15) is 0 Å². The summed E-state index contributed by atoms with van der Waals surface area (Å²) in [6.45, 7) is 5.68. The lowest BCUT2D eigenvalue weighted by Crippen LogP contribution is -2.55. The average molecular weight is 325 g/mol. The third-order valence-corrected chi connectivity index (χ3v) is 5.08. The van der Waals surface area contributed by atoms with Crippen molar-refractivity contribution < 1.29 is 9.84 Å². The number of hydrogen-bond acceptors (Lipinski definition) is 4. The molecule has 4 nitrogen and oxygen atoms in total. The van der Waals surface area contributed by atoms with Crippen LogP contribution in [0.15, 0.2) is 24.3 Å². The molecule has 0 saturated carbocycles. The van der Waals surface area contributed by atoms with Crippen LogP contribution < -0.4 is 5.32 Å². The second-order valence-corrected chi connectivity index (χ2v) is 7.15. The smallest absolute Gasteiger partial charge is 0.0579 e. The SMILES string of the molecule is OCC1(CNC2CCN(Cc3ccc(Cl)cc3)CC2)COC1. The van der Waals surface area contributed by atoms with Crippen molar-refractivity contribution in [2.45, 2.75) is 25.4 Å². The summed E-state index contributed by atoms with van der Waals surface area (Å²) in [5.41, 5.74) is 1.29. The highest BCUT2D eigenvalue weighted by atomic mass is 35.5. The van der Waals surface area contributed by atoms with E-state index in [1.54, 1.807) is 0 Å². The van der Waals surface area contributed by atoms with Crippen molar-refractivity contribution in [2.75, 3.05) is 39.5 Å². The molecule has 0 unspecified atom stereocenters. The minimum absolute atomic E-state index is 0.0273. The highest BCUT2D eigenvalue weighted by molar-refractivity contribution is 6.30. The molecule has 5 heteroatoms. The second kappa shape index (κ2) is 7.28. The van der Waals surface area contributed by atoms with Crippen molar-refractivity contribution in [2.24, 2.45) is 5.41 Å². The summed E-state index contributed by atoms with van der Waals surface area (Å²) in [4.78, 5) is 2.50. The lowest BCUT2D eigenvalue weighted by Gasteiger charge is -2.42. The Balaban J connectivity index is 1.39. The molecule has 1 aromatic carbocycles. The van der Waals surface area contributed by atoms with E-state index in [0.717, 1.165) is 44.0 Å². The van der Waals surface area contributed by atoms with Gasteiger partial charge in [0.05, 0.1) is 25.2 Å². The van der Waals surface area contributed by atoms with Gasteiger partial charge in [-0.3, -0.25) is 4.90 Å². The van der Waals surface area contributed by atoms with E-state index in [2.05, 4.69) is 22.3 Å². The van der Waals surface area contributed by atoms with Gasteiger partial charge in [0.1, 0.15) is 0 Å². The van der Waals surface area contributed by atoms with Crippen molar-refractivity contribution in [3.05, 3.63) is 34.9 Å². The first kappa shape index (κ1) is 16.2. The van der Waals surface area contributed by atoms with Gasteiger partial charge in [0.15, 0.2) is 0 Å². The van der Waals surface area contributed by atoms with Crippen molar-refractivity contribution >= 4 is 11.6 Å². The molecule has 0 aromatic heterocycles. The summed E-state index contributed by atoms with van der Waals surface area (Å²) in [6.07, 6.45) is 2.33. The van der Waals surface area contributed by atoms with Crippen LogP contribution in [0.1, 0.15) is 18.4 Å². The lowest BCUT2D eigenvalue weighted by atomic mass is 9.86. The third-order valence-electron chi connectivity index (χ3n) is 4.82. The summed E-state index contributed by atoms with van der Waals surface area (Å²) in [7, 11) is 0. The molecule has 0 aliphatic carbocycles. The molecule has 2 fully saturated rings. The maximum absolute atomic E-state index is 9.45. The maximum atomic E-state index is 9.45. The van der Waals surface area contributed by atoms with Crippen LogP contribution in [0, 0.1) is 5.41 Å². The Labute approximate surface area is 137 Å². The van der Waals surface area contributed by atoms with Crippen LogP contribution in [0.3, 0.4) is 0 Å². The molecular formula is C17H25ClN2O2. The number of nitrogens with zero attached hydrogens (tertiary/aromatic N) is 1. The summed E-state index contributed by atoms with van der Waals surface area (Å²) in [5, 5.41) is 13.9. The van der Waals surface area contributed by atoms with Gasteiger partial charge in [0.25, 0.3) is 0 Å². The zero-order valence-corrected chi connectivity index (χ0v) is 13.7. The lowest BCUT2D eigenvalue weighted by molar-refractivity contribution is -0.135. The van der Waals surface area contributed by atoms with Crippen LogP contribution in [0.2, 0.25) is 5.02 Å². The van der Waals surface area contributed by atoms with E-state index in [1.807, 2.05) is 12.1 Å². The van der Waals surface area contributed by atoms with Crippen molar-refractivity contribution in [3.63, 3.8) is 0 Å². The van der Waals surface area contributed by atoms with Gasteiger partial charge >= 0.3 is 0 Å². The zero-order chi connectivity index (χ0) is 15.4. The minimum Gasteiger partial charge on any atom is -0.396 e. The maximum Gasteiger partial charge on any atom is 0.0579 e. The molecule has 2 aliphatic heterocycles. The molecule has 2 saturated heterocycles. The number of aliphatic hydroxyl groups is 1. The quantitative estimate of drug-likeness (QED) is 0.839. The fourth-order valence-electron chi connectivity index (χ4n) is 3.14. The number of nitrogens with one attached hydrogen (secondary N) is 1. The zero-order valence-electron chi connectivity index (χ0n) is 12.9. The number of aliphatic hydroxyl groups excluding tert-OH is 1. The standard InChI is InChI=1S/C17H25ClN2O2/c18-15-3-1-14(2-4-15)9-20-7-5-16(6-8-20)19-10-17(11-21)12-22-13-17/h1-4,16,19,21H,5-13H2. The molecular weight excluding hydrogens is 300 g/mol. The van der Waals surface area contributed by atoms with E-state index in [0.29, 0.717) is 19.3 Å². The van der Waals surface area contributed by atoms with E-state index in [9.17, 15) is 5.11 Å². The van der Waals surface area contributed by atoms with Gasteiger partial charge in [0.2, 0.25) is 0 Å². The number of hydrogen-bond donors (Lipinski definition) is 2. The minimum atomic E-state index is -0.0273. The topological polar surface area (TPSA) is 44.7 Å². The molecule has 0 atom stereocenters. The number of halogens is 1. The number of likely N-dealkylation sites (tertiary alicyclic amines) is 1. The molecule has 3 rings (SSSR count). The van der Waals surface area contributed by atoms with Gasteiger partial charge in [-0.05, 0) is 43.6 Å².